The van der Waals surface area contributed by atoms with Gasteiger partial charge in [0.2, 0.25) is 11.9 Å². The van der Waals surface area contributed by atoms with Gasteiger partial charge in [0.15, 0.2) is 0 Å². The van der Waals surface area contributed by atoms with Crippen LogP contribution in [-0.4, -0.2) is 34.0 Å². The molecule has 1 aromatic heterocycles. The fourth-order valence-electron chi connectivity index (χ4n) is 6.62. The van der Waals surface area contributed by atoms with Crippen molar-refractivity contribution in [1.29, 1.82) is 0 Å². The molecule has 2 aliphatic carbocycles. The fourth-order valence-corrected chi connectivity index (χ4v) is 6.62. The van der Waals surface area contributed by atoms with E-state index in [9.17, 15) is 9.59 Å². The molecule has 0 radical (unpaired) electrons. The van der Waals surface area contributed by atoms with Gasteiger partial charge in [-0.15, -0.1) is 0 Å². The molecule has 9 heteroatoms. The second-order valence-electron chi connectivity index (χ2n) is 11.9. The van der Waals surface area contributed by atoms with Gasteiger partial charge in [-0.25, -0.2) is 4.98 Å². The molecule has 1 atom stereocenters. The number of benzene rings is 1. The Morgan fingerprint density at radius 3 is 2.34 bits per heavy atom. The summed E-state index contributed by atoms with van der Waals surface area (Å²) in [6.07, 6.45) is 12.1. The van der Waals surface area contributed by atoms with Crippen molar-refractivity contribution in [3.05, 3.63) is 57.0 Å². The summed E-state index contributed by atoms with van der Waals surface area (Å²) in [4.78, 5) is 33.9. The van der Waals surface area contributed by atoms with Crippen molar-refractivity contribution >= 4 is 11.9 Å². The number of amides is 1. The maximum atomic E-state index is 13.9. The lowest BCUT2D eigenvalue weighted by Gasteiger charge is -2.37. The molecule has 230 valence electrons. The van der Waals surface area contributed by atoms with Crippen LogP contribution in [0.5, 0.6) is 0 Å². The summed E-state index contributed by atoms with van der Waals surface area (Å²) in [5.74, 6) is 2.93. The molecule has 6 nitrogen and oxygen atoms in total. The minimum Gasteiger partial charge on any atom is -0.359 e. The van der Waals surface area contributed by atoms with Crippen LogP contribution in [0, 0.1) is 24.7 Å². The van der Waals surface area contributed by atoms with Gasteiger partial charge in [-0.2, -0.15) is 0 Å². The average molecular weight is 579 g/mol. The Kier molecular flexibility index (Phi) is 13.4. The zero-order valence-electron chi connectivity index (χ0n) is 24.1. The molecule has 0 saturated heterocycles. The van der Waals surface area contributed by atoms with Crippen molar-refractivity contribution in [2.45, 2.75) is 104 Å². The number of aryl methyl sites for hydroxylation is 1. The molecule has 3 aliphatic rings. The van der Waals surface area contributed by atoms with Gasteiger partial charge in [-0.3, -0.25) is 18.9 Å². The lowest BCUT2D eigenvalue weighted by Crippen LogP contribution is -2.43. The number of rotatable bonds is 8. The molecule has 0 spiro atoms. The van der Waals surface area contributed by atoms with Crippen LogP contribution < -0.4 is 10.9 Å². The quantitative estimate of drug-likeness (QED) is 0.352. The Morgan fingerprint density at radius 2 is 1.76 bits per heavy atom. The summed E-state index contributed by atoms with van der Waals surface area (Å²) in [6, 6.07) is 8.59. The molecule has 1 aliphatic heterocycles. The van der Waals surface area contributed by atoms with Crippen molar-refractivity contribution in [2.24, 2.45) is 17.8 Å². The molecule has 41 heavy (non-hydrogen) atoms. The number of aromatic nitrogens is 2. The molecule has 2 heterocycles. The van der Waals surface area contributed by atoms with Gasteiger partial charge in [-0.1, -0.05) is 76.3 Å². The van der Waals surface area contributed by atoms with Crippen molar-refractivity contribution < 1.29 is 18.6 Å². The van der Waals surface area contributed by atoms with Crippen molar-refractivity contribution in [1.82, 2.24) is 14.5 Å². The van der Waals surface area contributed by atoms with Crippen LogP contribution in [0.25, 0.3) is 0 Å². The monoisotopic (exact) mass is 578 g/mol. The lowest BCUT2D eigenvalue weighted by molar-refractivity contribution is -0.132. The number of nitrogens with one attached hydrogen (secondary N) is 1. The van der Waals surface area contributed by atoms with Gasteiger partial charge in [-0.05, 0) is 62.3 Å². The molecular weight excluding hydrogens is 529 g/mol. The highest BCUT2D eigenvalue weighted by Gasteiger charge is 2.34. The van der Waals surface area contributed by atoms with Gasteiger partial charge in [0.25, 0.3) is 5.56 Å². The Balaban J connectivity index is 0.00000144. The first-order valence-corrected chi connectivity index (χ1v) is 14.7. The van der Waals surface area contributed by atoms with E-state index in [1.807, 2.05) is 16.5 Å². The molecule has 1 amide bonds. The van der Waals surface area contributed by atoms with Crippen LogP contribution in [0.3, 0.4) is 0 Å². The summed E-state index contributed by atoms with van der Waals surface area (Å²) >= 11 is 0. The number of carbonyl (C=O) groups excluding carboxylic acids is 1. The van der Waals surface area contributed by atoms with Gasteiger partial charge in [0, 0.05) is 34.7 Å². The predicted molar refractivity (Wildman–Crippen MR) is 160 cm³/mol. The maximum Gasteiger partial charge on any atom is 0.259 e. The minimum atomic E-state index is -0.00969. The van der Waals surface area contributed by atoms with Crippen LogP contribution in [0.1, 0.15) is 107 Å². The summed E-state index contributed by atoms with van der Waals surface area (Å²) in [7, 11) is 1.84. The Bertz CT molecular complexity index is 1160. The largest absolute Gasteiger partial charge is 0.359 e. The summed E-state index contributed by atoms with van der Waals surface area (Å²) in [5, 5.41) is 3.22. The molecular formula is C32H49F3N4O2. The molecule has 1 unspecified atom stereocenters. The highest BCUT2D eigenvalue weighted by molar-refractivity contribution is 5.76. The Morgan fingerprint density at radius 1 is 1.10 bits per heavy atom. The predicted octanol–water partition coefficient (Wildman–Crippen LogP) is 7.49. The van der Waals surface area contributed by atoms with E-state index < -0.39 is 0 Å². The third kappa shape index (κ3) is 7.92. The second kappa shape index (κ2) is 16.0. The normalized spacial score (nSPS) is 20.7. The van der Waals surface area contributed by atoms with Gasteiger partial charge < -0.3 is 10.2 Å². The summed E-state index contributed by atoms with van der Waals surface area (Å²) in [5.41, 5.74) is 4.01. The standard InChI is InChI=1S/C31H44N4O2.CH4.F2.FH/c1-21-10-14-23(15-11-21)6-4-9-28(36)34-19-18-26-27(20-34)33-31(32-3)35(30(26)37)29(24-7-5-8-24)25-16-12-22(2)13-17-25;;1-2;/h12-13,16-17,21,23-24,29H,4-11,14-15,18-20H2,1-3H3,(H,32,33);1H4;;1H. The van der Waals surface area contributed by atoms with E-state index in [4.69, 9.17) is 14.1 Å². The molecule has 2 aromatic rings. The van der Waals surface area contributed by atoms with E-state index >= 15 is 0 Å². The number of anilines is 1. The number of halogens is 3. The number of fused-ring (bicyclic) bond motifs is 1. The minimum absolute atomic E-state index is 0. The van der Waals surface area contributed by atoms with E-state index in [0.29, 0.717) is 37.8 Å². The average Bonchev–Trinajstić information content (AvgIpc) is 2.93. The fraction of sp³-hybridized carbons (Fsp3) is 0.656. The van der Waals surface area contributed by atoms with E-state index in [2.05, 4.69) is 43.4 Å². The zero-order valence-corrected chi connectivity index (χ0v) is 24.1. The summed E-state index contributed by atoms with van der Waals surface area (Å²) in [6.45, 7) is 5.50. The Labute approximate surface area is 243 Å². The van der Waals surface area contributed by atoms with Gasteiger partial charge in [0.05, 0.1) is 18.3 Å². The number of carbonyl (C=O) groups is 1. The first kappa shape index (κ1) is 34.4. The van der Waals surface area contributed by atoms with E-state index in [0.717, 1.165) is 48.8 Å². The number of hydrogen-bond donors (Lipinski definition) is 1. The topological polar surface area (TPSA) is 67.2 Å². The van der Waals surface area contributed by atoms with Crippen LogP contribution in [0.4, 0.5) is 19.8 Å². The lowest BCUT2D eigenvalue weighted by atomic mass is 9.77. The number of hydrogen-bond acceptors (Lipinski definition) is 4. The molecule has 2 saturated carbocycles. The molecule has 1 N–H and O–H groups in total. The van der Waals surface area contributed by atoms with Crippen LogP contribution in [0.15, 0.2) is 29.1 Å². The zero-order chi connectivity index (χ0) is 27.9. The summed E-state index contributed by atoms with van der Waals surface area (Å²) < 4.78 is 17.9. The first-order chi connectivity index (χ1) is 18.9. The van der Waals surface area contributed by atoms with Crippen molar-refractivity contribution in [2.75, 3.05) is 18.9 Å². The molecule has 1 aromatic carbocycles. The number of nitrogens with zero attached hydrogens (tertiary/aromatic N) is 3. The van der Waals surface area contributed by atoms with Crippen LogP contribution >= 0.6 is 0 Å². The van der Waals surface area contributed by atoms with Gasteiger partial charge in [0.1, 0.15) is 0 Å². The Hall–Kier alpha value is -2.84. The van der Waals surface area contributed by atoms with E-state index in [-0.39, 0.29) is 29.6 Å². The van der Waals surface area contributed by atoms with Gasteiger partial charge >= 0.3 is 0 Å². The third-order valence-corrected chi connectivity index (χ3v) is 9.27. The molecule has 0 bridgehead atoms. The SMILES string of the molecule is C.CNc1nc2c(c(=O)n1C(c1ccc(C)cc1)C1CCC1)CCN(C(=O)CCCC1CCC(C)CC1)C2.F.FF. The first-order valence-electron chi connectivity index (χ1n) is 14.7. The second-order valence-corrected chi connectivity index (χ2v) is 11.9. The van der Waals surface area contributed by atoms with Crippen molar-refractivity contribution in [3.8, 4) is 0 Å². The maximum absolute atomic E-state index is 13.9. The van der Waals surface area contributed by atoms with Crippen molar-refractivity contribution in [3.63, 3.8) is 0 Å². The highest BCUT2D eigenvalue weighted by Crippen LogP contribution is 2.41. The van der Waals surface area contributed by atoms with Crippen LogP contribution in [0.2, 0.25) is 0 Å². The highest BCUT2D eigenvalue weighted by atomic mass is 20.0. The molecule has 5 rings (SSSR count). The van der Waals surface area contributed by atoms with E-state index in [1.165, 1.54) is 43.2 Å². The van der Waals surface area contributed by atoms with E-state index in [1.54, 1.807) is 0 Å². The third-order valence-electron chi connectivity index (χ3n) is 9.27. The molecule has 2 fully saturated rings. The van der Waals surface area contributed by atoms with Crippen LogP contribution in [-0.2, 0) is 17.8 Å². The smallest absolute Gasteiger partial charge is 0.259 e.